The van der Waals surface area contributed by atoms with Crippen molar-refractivity contribution in [3.05, 3.63) is 72.4 Å². The number of hydrogen-bond donors (Lipinski definition) is 0. The second-order valence-electron chi connectivity index (χ2n) is 7.41. The molecule has 1 aliphatic heterocycles. The monoisotopic (exact) mass is 403 g/mol. The van der Waals surface area contributed by atoms with E-state index in [4.69, 9.17) is 9.47 Å². The summed E-state index contributed by atoms with van der Waals surface area (Å²) in [6.07, 6.45) is 1.70. The van der Waals surface area contributed by atoms with E-state index in [1.54, 1.807) is 4.90 Å². The van der Waals surface area contributed by atoms with Gasteiger partial charge in [0.2, 0.25) is 5.88 Å². The Morgan fingerprint density at radius 3 is 2.50 bits per heavy atom. The van der Waals surface area contributed by atoms with Crippen molar-refractivity contribution in [1.29, 1.82) is 0 Å². The van der Waals surface area contributed by atoms with Crippen molar-refractivity contribution in [2.45, 2.75) is 25.9 Å². The number of likely N-dealkylation sites (tertiary alicyclic amines) is 1. The first-order chi connectivity index (χ1) is 14.7. The summed E-state index contributed by atoms with van der Waals surface area (Å²) >= 11 is 0. The van der Waals surface area contributed by atoms with Crippen molar-refractivity contribution in [3.8, 4) is 22.8 Å². The molecule has 3 aromatic rings. The van der Waals surface area contributed by atoms with Gasteiger partial charge >= 0.3 is 0 Å². The van der Waals surface area contributed by atoms with E-state index in [9.17, 15) is 4.79 Å². The quantitative estimate of drug-likeness (QED) is 0.625. The first-order valence-electron chi connectivity index (χ1n) is 10.2. The molecule has 1 unspecified atom stereocenters. The predicted molar refractivity (Wildman–Crippen MR) is 114 cm³/mol. The fourth-order valence-corrected chi connectivity index (χ4v) is 3.49. The van der Waals surface area contributed by atoms with Gasteiger partial charge in [0.05, 0.1) is 12.2 Å². The lowest BCUT2D eigenvalue weighted by molar-refractivity contribution is -0.136. The maximum atomic E-state index is 12.6. The molecule has 0 spiro atoms. The highest BCUT2D eigenvalue weighted by Gasteiger charge is 2.25. The fourth-order valence-electron chi connectivity index (χ4n) is 3.49. The van der Waals surface area contributed by atoms with Crippen LogP contribution in [0.25, 0.3) is 11.1 Å². The summed E-state index contributed by atoms with van der Waals surface area (Å²) in [5, 5.41) is 8.06. The van der Waals surface area contributed by atoms with Crippen LogP contribution in [0.4, 0.5) is 0 Å². The number of amides is 1. The molecule has 1 amide bonds. The normalized spacial score (nSPS) is 16.2. The molecule has 1 saturated heterocycles. The average Bonchev–Trinajstić information content (AvgIpc) is 2.80. The highest BCUT2D eigenvalue weighted by molar-refractivity contribution is 5.78. The standard InChI is InChI=1S/C24H25N3O3/c1-18-9-14-23(26-25-18)30-22-8-5-15-27(16-22)24(28)17-29-21-12-10-20(11-13-21)19-6-3-2-4-7-19/h2-4,6-7,9-14,22H,5,8,15-17H2,1H3. The van der Waals surface area contributed by atoms with Gasteiger partial charge in [0.25, 0.3) is 5.91 Å². The Morgan fingerprint density at radius 1 is 1.00 bits per heavy atom. The van der Waals surface area contributed by atoms with E-state index in [-0.39, 0.29) is 18.6 Å². The number of benzene rings is 2. The fraction of sp³-hybridized carbons (Fsp3) is 0.292. The molecule has 4 rings (SSSR count). The van der Waals surface area contributed by atoms with Crippen LogP contribution in [-0.2, 0) is 4.79 Å². The second kappa shape index (κ2) is 9.39. The van der Waals surface area contributed by atoms with Gasteiger partial charge < -0.3 is 14.4 Å². The third kappa shape index (κ3) is 5.14. The molecule has 1 atom stereocenters. The smallest absolute Gasteiger partial charge is 0.260 e. The number of rotatable bonds is 6. The summed E-state index contributed by atoms with van der Waals surface area (Å²) in [4.78, 5) is 14.4. The number of piperidine rings is 1. The number of aromatic nitrogens is 2. The summed E-state index contributed by atoms with van der Waals surface area (Å²) in [5.74, 6) is 1.14. The van der Waals surface area contributed by atoms with Crippen molar-refractivity contribution >= 4 is 5.91 Å². The zero-order chi connectivity index (χ0) is 20.8. The van der Waals surface area contributed by atoms with E-state index in [1.165, 1.54) is 0 Å². The SMILES string of the molecule is Cc1ccc(OC2CCCN(C(=O)COc3ccc(-c4ccccc4)cc3)C2)nn1. The molecule has 1 aliphatic rings. The van der Waals surface area contributed by atoms with Crippen LogP contribution in [-0.4, -0.2) is 46.8 Å². The molecule has 1 fully saturated rings. The van der Waals surface area contributed by atoms with Gasteiger partial charge in [-0.05, 0) is 49.1 Å². The Balaban J connectivity index is 1.28. The number of carbonyl (C=O) groups is 1. The van der Waals surface area contributed by atoms with Crippen molar-refractivity contribution in [2.75, 3.05) is 19.7 Å². The molecule has 0 saturated carbocycles. The van der Waals surface area contributed by atoms with E-state index >= 15 is 0 Å². The number of hydrogen-bond acceptors (Lipinski definition) is 5. The van der Waals surface area contributed by atoms with Crippen LogP contribution in [0.15, 0.2) is 66.7 Å². The lowest BCUT2D eigenvalue weighted by Gasteiger charge is -2.32. The van der Waals surface area contributed by atoms with Crippen LogP contribution >= 0.6 is 0 Å². The second-order valence-corrected chi connectivity index (χ2v) is 7.41. The Labute approximate surface area is 176 Å². The van der Waals surface area contributed by atoms with Gasteiger partial charge in [-0.1, -0.05) is 42.5 Å². The molecule has 0 aliphatic carbocycles. The minimum absolute atomic E-state index is 0.0156. The third-order valence-corrected chi connectivity index (χ3v) is 5.12. The lowest BCUT2D eigenvalue weighted by Crippen LogP contribution is -2.46. The molecule has 30 heavy (non-hydrogen) atoms. The van der Waals surface area contributed by atoms with E-state index in [2.05, 4.69) is 22.3 Å². The molecule has 6 heteroatoms. The van der Waals surface area contributed by atoms with Gasteiger partial charge in [0, 0.05) is 12.6 Å². The Hall–Kier alpha value is -3.41. The van der Waals surface area contributed by atoms with Gasteiger partial charge in [-0.2, -0.15) is 5.10 Å². The topological polar surface area (TPSA) is 64.5 Å². The largest absolute Gasteiger partial charge is 0.484 e. The Bertz CT molecular complexity index is 959. The van der Waals surface area contributed by atoms with Crippen LogP contribution in [0.2, 0.25) is 0 Å². The van der Waals surface area contributed by atoms with Crippen LogP contribution in [0.5, 0.6) is 11.6 Å². The summed E-state index contributed by atoms with van der Waals surface area (Å²) in [7, 11) is 0. The summed E-state index contributed by atoms with van der Waals surface area (Å²) in [5.41, 5.74) is 3.11. The van der Waals surface area contributed by atoms with Crippen molar-refractivity contribution in [2.24, 2.45) is 0 Å². The summed E-state index contributed by atoms with van der Waals surface area (Å²) in [6.45, 7) is 3.15. The molecule has 6 nitrogen and oxygen atoms in total. The van der Waals surface area contributed by atoms with Crippen molar-refractivity contribution in [3.63, 3.8) is 0 Å². The van der Waals surface area contributed by atoms with Crippen LogP contribution < -0.4 is 9.47 Å². The van der Waals surface area contributed by atoms with Gasteiger partial charge in [0.15, 0.2) is 6.61 Å². The number of ether oxygens (including phenoxy) is 2. The molecule has 0 N–H and O–H groups in total. The lowest BCUT2D eigenvalue weighted by atomic mass is 10.1. The first-order valence-corrected chi connectivity index (χ1v) is 10.2. The molecule has 1 aromatic heterocycles. The third-order valence-electron chi connectivity index (χ3n) is 5.12. The van der Waals surface area contributed by atoms with E-state index in [0.717, 1.165) is 29.7 Å². The molecular formula is C24H25N3O3. The summed E-state index contributed by atoms with van der Waals surface area (Å²) < 4.78 is 11.6. The van der Waals surface area contributed by atoms with E-state index in [1.807, 2.05) is 61.5 Å². The minimum atomic E-state index is -0.0788. The zero-order valence-corrected chi connectivity index (χ0v) is 17.0. The molecule has 2 heterocycles. The molecule has 2 aromatic carbocycles. The highest BCUT2D eigenvalue weighted by Crippen LogP contribution is 2.22. The maximum absolute atomic E-state index is 12.6. The zero-order valence-electron chi connectivity index (χ0n) is 17.0. The highest BCUT2D eigenvalue weighted by atomic mass is 16.5. The van der Waals surface area contributed by atoms with Crippen molar-refractivity contribution in [1.82, 2.24) is 15.1 Å². The first kappa shape index (κ1) is 19.9. The average molecular weight is 403 g/mol. The van der Waals surface area contributed by atoms with Crippen LogP contribution in [0.1, 0.15) is 18.5 Å². The molecule has 0 radical (unpaired) electrons. The molecular weight excluding hydrogens is 378 g/mol. The Kier molecular flexibility index (Phi) is 6.23. The van der Waals surface area contributed by atoms with Crippen LogP contribution in [0.3, 0.4) is 0 Å². The number of carbonyl (C=O) groups excluding carboxylic acids is 1. The van der Waals surface area contributed by atoms with Gasteiger partial charge in [-0.3, -0.25) is 4.79 Å². The predicted octanol–water partition coefficient (Wildman–Crippen LogP) is 3.90. The van der Waals surface area contributed by atoms with Gasteiger partial charge in [-0.25, -0.2) is 0 Å². The molecule has 154 valence electrons. The van der Waals surface area contributed by atoms with Gasteiger partial charge in [-0.15, -0.1) is 5.10 Å². The van der Waals surface area contributed by atoms with Crippen molar-refractivity contribution < 1.29 is 14.3 Å². The number of nitrogens with zero attached hydrogens (tertiary/aromatic N) is 3. The van der Waals surface area contributed by atoms with Crippen LogP contribution in [0, 0.1) is 6.92 Å². The summed E-state index contributed by atoms with van der Waals surface area (Å²) in [6, 6.07) is 21.6. The van der Waals surface area contributed by atoms with E-state index < -0.39 is 0 Å². The molecule has 0 bridgehead atoms. The Morgan fingerprint density at radius 2 is 1.77 bits per heavy atom. The maximum Gasteiger partial charge on any atom is 0.260 e. The minimum Gasteiger partial charge on any atom is -0.484 e. The van der Waals surface area contributed by atoms with E-state index in [0.29, 0.717) is 24.7 Å². The van der Waals surface area contributed by atoms with Gasteiger partial charge in [0.1, 0.15) is 11.9 Å². The number of aryl methyl sites for hydroxylation is 1.